The standard InChI is InChI=1S/C15H13N3O2/c1-9-3-4-11(10(2)7-9)13-8-12(15(19)20)17-14-5-6-16-18(13)14/h3-8H,1-2H3,(H,19,20). The number of hydrogen-bond donors (Lipinski definition) is 1. The first-order valence-electron chi connectivity index (χ1n) is 6.22. The molecule has 0 bridgehead atoms. The Morgan fingerprint density at radius 1 is 1.20 bits per heavy atom. The Morgan fingerprint density at radius 3 is 2.70 bits per heavy atom. The van der Waals surface area contributed by atoms with E-state index in [2.05, 4.69) is 16.1 Å². The van der Waals surface area contributed by atoms with E-state index in [1.165, 1.54) is 0 Å². The number of benzene rings is 1. The number of carboxylic acid groups (broad SMARTS) is 1. The third kappa shape index (κ3) is 1.93. The van der Waals surface area contributed by atoms with Gasteiger partial charge in [-0.2, -0.15) is 5.10 Å². The van der Waals surface area contributed by atoms with Crippen LogP contribution in [0, 0.1) is 13.8 Å². The van der Waals surface area contributed by atoms with Gasteiger partial charge in [0.25, 0.3) is 0 Å². The summed E-state index contributed by atoms with van der Waals surface area (Å²) in [4.78, 5) is 15.3. The highest BCUT2D eigenvalue weighted by atomic mass is 16.4. The van der Waals surface area contributed by atoms with Crippen LogP contribution < -0.4 is 0 Å². The van der Waals surface area contributed by atoms with Gasteiger partial charge in [-0.15, -0.1) is 0 Å². The van der Waals surface area contributed by atoms with Crippen LogP contribution in [0.25, 0.3) is 16.9 Å². The van der Waals surface area contributed by atoms with Crippen LogP contribution in [0.2, 0.25) is 0 Å². The Balaban J connectivity index is 2.33. The van der Waals surface area contributed by atoms with Crippen molar-refractivity contribution in [1.82, 2.24) is 14.6 Å². The van der Waals surface area contributed by atoms with Gasteiger partial charge in [-0.3, -0.25) is 0 Å². The van der Waals surface area contributed by atoms with Gasteiger partial charge < -0.3 is 5.11 Å². The SMILES string of the molecule is Cc1ccc(-c2cc(C(=O)O)nc3ccnn23)c(C)c1. The molecule has 100 valence electrons. The molecule has 20 heavy (non-hydrogen) atoms. The zero-order valence-electron chi connectivity index (χ0n) is 11.2. The number of aromatic nitrogens is 3. The van der Waals surface area contributed by atoms with Crippen molar-refractivity contribution in [3.05, 3.63) is 53.3 Å². The van der Waals surface area contributed by atoms with Crippen molar-refractivity contribution in [3.8, 4) is 11.3 Å². The minimum atomic E-state index is -1.04. The van der Waals surface area contributed by atoms with E-state index >= 15 is 0 Å². The fourth-order valence-electron chi connectivity index (χ4n) is 2.32. The molecule has 0 atom stereocenters. The van der Waals surface area contributed by atoms with Gasteiger partial charge in [0.1, 0.15) is 0 Å². The fraction of sp³-hybridized carbons (Fsp3) is 0.133. The maximum absolute atomic E-state index is 11.2. The van der Waals surface area contributed by atoms with Crippen LogP contribution in [0.3, 0.4) is 0 Å². The highest BCUT2D eigenvalue weighted by Gasteiger charge is 2.14. The lowest BCUT2D eigenvalue weighted by Crippen LogP contribution is -2.05. The van der Waals surface area contributed by atoms with Gasteiger partial charge in [0.2, 0.25) is 0 Å². The first-order chi connectivity index (χ1) is 9.56. The number of hydrogen-bond acceptors (Lipinski definition) is 3. The van der Waals surface area contributed by atoms with Crippen LogP contribution >= 0.6 is 0 Å². The van der Waals surface area contributed by atoms with E-state index in [0.717, 1.165) is 22.4 Å². The normalized spacial score (nSPS) is 10.9. The molecule has 0 aliphatic heterocycles. The lowest BCUT2D eigenvalue weighted by molar-refractivity contribution is 0.0690. The van der Waals surface area contributed by atoms with Gasteiger partial charge in [0.05, 0.1) is 11.9 Å². The molecule has 2 heterocycles. The van der Waals surface area contributed by atoms with E-state index in [9.17, 15) is 9.90 Å². The second-order valence-corrected chi connectivity index (χ2v) is 4.75. The van der Waals surface area contributed by atoms with Crippen LogP contribution in [0.5, 0.6) is 0 Å². The van der Waals surface area contributed by atoms with Gasteiger partial charge in [0, 0.05) is 11.6 Å². The Morgan fingerprint density at radius 2 is 2.00 bits per heavy atom. The van der Waals surface area contributed by atoms with Gasteiger partial charge in [-0.1, -0.05) is 23.8 Å². The van der Waals surface area contributed by atoms with E-state index in [1.54, 1.807) is 22.8 Å². The maximum Gasteiger partial charge on any atom is 0.354 e. The molecule has 5 nitrogen and oxygen atoms in total. The fourth-order valence-corrected chi connectivity index (χ4v) is 2.32. The predicted octanol–water partition coefficient (Wildman–Crippen LogP) is 2.71. The summed E-state index contributed by atoms with van der Waals surface area (Å²) in [5, 5.41) is 13.4. The van der Waals surface area contributed by atoms with Crippen LogP contribution in [0.15, 0.2) is 36.5 Å². The highest BCUT2D eigenvalue weighted by Crippen LogP contribution is 2.25. The molecule has 2 aromatic heterocycles. The maximum atomic E-state index is 11.2. The molecule has 1 N–H and O–H groups in total. The molecule has 0 spiro atoms. The summed E-state index contributed by atoms with van der Waals surface area (Å²) in [6.45, 7) is 4.02. The number of rotatable bonds is 2. The first kappa shape index (κ1) is 12.3. The van der Waals surface area contributed by atoms with E-state index in [1.807, 2.05) is 26.0 Å². The summed E-state index contributed by atoms with van der Waals surface area (Å²) in [7, 11) is 0. The summed E-state index contributed by atoms with van der Waals surface area (Å²) < 4.78 is 1.66. The second kappa shape index (κ2) is 4.45. The molecule has 3 aromatic rings. The molecular formula is C15H13N3O2. The lowest BCUT2D eigenvalue weighted by Gasteiger charge is -2.10. The summed E-state index contributed by atoms with van der Waals surface area (Å²) in [5.74, 6) is -1.04. The van der Waals surface area contributed by atoms with Crippen molar-refractivity contribution in [2.24, 2.45) is 0 Å². The summed E-state index contributed by atoms with van der Waals surface area (Å²) >= 11 is 0. The molecule has 5 heteroatoms. The Hall–Kier alpha value is -2.69. The quantitative estimate of drug-likeness (QED) is 0.775. The molecule has 1 aromatic carbocycles. The highest BCUT2D eigenvalue weighted by molar-refractivity contribution is 5.87. The number of fused-ring (bicyclic) bond motifs is 1. The second-order valence-electron chi connectivity index (χ2n) is 4.75. The van der Waals surface area contributed by atoms with Crippen LogP contribution in [-0.4, -0.2) is 25.7 Å². The van der Waals surface area contributed by atoms with E-state index in [-0.39, 0.29) is 5.69 Å². The van der Waals surface area contributed by atoms with Crippen molar-refractivity contribution < 1.29 is 9.90 Å². The largest absolute Gasteiger partial charge is 0.477 e. The Bertz CT molecular complexity index is 821. The zero-order valence-corrected chi connectivity index (χ0v) is 11.2. The molecular weight excluding hydrogens is 254 g/mol. The van der Waals surface area contributed by atoms with Crippen molar-refractivity contribution in [3.63, 3.8) is 0 Å². The minimum absolute atomic E-state index is 0.0213. The van der Waals surface area contributed by atoms with E-state index in [4.69, 9.17) is 0 Å². The van der Waals surface area contributed by atoms with Gasteiger partial charge in [0.15, 0.2) is 11.3 Å². The van der Waals surface area contributed by atoms with E-state index in [0.29, 0.717) is 5.65 Å². The number of aryl methyl sites for hydroxylation is 2. The number of carboxylic acids is 1. The zero-order chi connectivity index (χ0) is 14.3. The van der Waals surface area contributed by atoms with Crippen molar-refractivity contribution in [2.45, 2.75) is 13.8 Å². The lowest BCUT2D eigenvalue weighted by atomic mass is 10.0. The number of nitrogens with zero attached hydrogens (tertiary/aromatic N) is 3. The molecule has 0 amide bonds. The summed E-state index contributed by atoms with van der Waals surface area (Å²) in [6, 6.07) is 9.29. The Kier molecular flexibility index (Phi) is 2.75. The smallest absolute Gasteiger partial charge is 0.354 e. The summed E-state index contributed by atoms with van der Waals surface area (Å²) in [6.07, 6.45) is 1.61. The molecule has 3 rings (SSSR count). The van der Waals surface area contributed by atoms with Crippen molar-refractivity contribution in [1.29, 1.82) is 0 Å². The van der Waals surface area contributed by atoms with Crippen molar-refractivity contribution >= 4 is 11.6 Å². The average Bonchev–Trinajstić information content (AvgIpc) is 2.86. The molecule has 0 fully saturated rings. The summed E-state index contributed by atoms with van der Waals surface area (Å²) in [5.41, 5.74) is 4.47. The van der Waals surface area contributed by atoms with Gasteiger partial charge >= 0.3 is 5.97 Å². The molecule has 0 aliphatic rings. The molecule has 0 radical (unpaired) electrons. The molecule has 0 unspecified atom stereocenters. The minimum Gasteiger partial charge on any atom is -0.477 e. The monoisotopic (exact) mass is 267 g/mol. The molecule has 0 saturated heterocycles. The number of carbonyl (C=O) groups is 1. The molecule has 0 saturated carbocycles. The molecule has 0 aliphatic carbocycles. The third-order valence-corrected chi connectivity index (χ3v) is 3.24. The first-order valence-corrected chi connectivity index (χ1v) is 6.22. The number of aromatic carboxylic acids is 1. The van der Waals surface area contributed by atoms with E-state index < -0.39 is 5.97 Å². The van der Waals surface area contributed by atoms with Crippen LogP contribution in [0.4, 0.5) is 0 Å². The van der Waals surface area contributed by atoms with Crippen LogP contribution in [-0.2, 0) is 0 Å². The van der Waals surface area contributed by atoms with Gasteiger partial charge in [-0.25, -0.2) is 14.3 Å². The average molecular weight is 267 g/mol. The topological polar surface area (TPSA) is 67.5 Å². The predicted molar refractivity (Wildman–Crippen MR) is 74.9 cm³/mol. The van der Waals surface area contributed by atoms with Crippen molar-refractivity contribution in [2.75, 3.05) is 0 Å². The van der Waals surface area contributed by atoms with Crippen LogP contribution in [0.1, 0.15) is 21.6 Å². The third-order valence-electron chi connectivity index (χ3n) is 3.24. The Labute approximate surface area is 115 Å². The van der Waals surface area contributed by atoms with Gasteiger partial charge in [-0.05, 0) is 25.5 Å².